The summed E-state index contributed by atoms with van der Waals surface area (Å²) in [6, 6.07) is 15.4. The second kappa shape index (κ2) is 7.08. The average molecular weight is 320 g/mol. The Kier molecular flexibility index (Phi) is 4.70. The third kappa shape index (κ3) is 3.51. The van der Waals surface area contributed by atoms with Crippen LogP contribution in [0.25, 0.3) is 0 Å². The van der Waals surface area contributed by atoms with E-state index in [-0.39, 0.29) is 18.0 Å². The van der Waals surface area contributed by atoms with E-state index in [9.17, 15) is 4.79 Å². The number of aromatic nitrogens is 3. The maximum Gasteiger partial charge on any atom is 0.272 e. The number of benzene rings is 1. The van der Waals surface area contributed by atoms with Gasteiger partial charge in [0.25, 0.3) is 5.91 Å². The zero-order valence-electron chi connectivity index (χ0n) is 13.8. The van der Waals surface area contributed by atoms with Crippen molar-refractivity contribution < 1.29 is 4.79 Å². The summed E-state index contributed by atoms with van der Waals surface area (Å²) in [7, 11) is 0. The van der Waals surface area contributed by atoms with Crippen LogP contribution in [0.2, 0.25) is 0 Å². The quantitative estimate of drug-likeness (QED) is 0.784. The highest BCUT2D eigenvalue weighted by Crippen LogP contribution is 2.21. The van der Waals surface area contributed by atoms with Gasteiger partial charge in [0.1, 0.15) is 5.69 Å². The zero-order chi connectivity index (χ0) is 16.9. The smallest absolute Gasteiger partial charge is 0.272 e. The van der Waals surface area contributed by atoms with Crippen molar-refractivity contribution in [2.75, 3.05) is 0 Å². The fraction of sp³-hybridized carbons (Fsp3) is 0.211. The molecule has 0 aliphatic rings. The molecule has 0 saturated carbocycles. The number of carbonyl (C=O) groups excluding carboxylic acids is 1. The molecule has 0 radical (unpaired) electrons. The van der Waals surface area contributed by atoms with E-state index in [0.29, 0.717) is 5.69 Å². The molecule has 1 atom stereocenters. The van der Waals surface area contributed by atoms with Crippen LogP contribution in [0.4, 0.5) is 0 Å². The summed E-state index contributed by atoms with van der Waals surface area (Å²) in [5.41, 5.74) is 2.41. The number of hydrogen-bond acceptors (Lipinski definition) is 3. The standard InChI is InChI=1S/C19H20N4O/c1-14(2)23-13-10-17(22-23)19(24)21-18(15-6-4-3-5-7-15)16-8-11-20-12-9-16/h3-14,18H,1-2H3,(H,21,24)/t18-/m1/s1. The van der Waals surface area contributed by atoms with E-state index >= 15 is 0 Å². The lowest BCUT2D eigenvalue weighted by molar-refractivity contribution is 0.0937. The number of nitrogens with zero attached hydrogens (tertiary/aromatic N) is 3. The van der Waals surface area contributed by atoms with E-state index in [2.05, 4.69) is 15.4 Å². The first-order valence-electron chi connectivity index (χ1n) is 7.96. The van der Waals surface area contributed by atoms with Crippen molar-refractivity contribution in [3.8, 4) is 0 Å². The Morgan fingerprint density at radius 2 is 1.67 bits per heavy atom. The second-order valence-electron chi connectivity index (χ2n) is 5.87. The lowest BCUT2D eigenvalue weighted by Crippen LogP contribution is -2.29. The Balaban J connectivity index is 1.88. The van der Waals surface area contributed by atoms with Crippen LogP contribution in [-0.4, -0.2) is 20.7 Å². The van der Waals surface area contributed by atoms with Crippen molar-refractivity contribution in [1.82, 2.24) is 20.1 Å². The third-order valence-electron chi connectivity index (χ3n) is 3.82. The lowest BCUT2D eigenvalue weighted by atomic mass is 9.99. The first kappa shape index (κ1) is 15.9. The monoisotopic (exact) mass is 320 g/mol. The van der Waals surface area contributed by atoms with Crippen LogP contribution < -0.4 is 5.32 Å². The van der Waals surface area contributed by atoms with Crippen LogP contribution in [0, 0.1) is 0 Å². The maximum absolute atomic E-state index is 12.6. The Morgan fingerprint density at radius 3 is 2.29 bits per heavy atom. The van der Waals surface area contributed by atoms with Crippen LogP contribution in [0.15, 0.2) is 67.1 Å². The first-order valence-corrected chi connectivity index (χ1v) is 7.96. The van der Waals surface area contributed by atoms with Gasteiger partial charge in [-0.25, -0.2) is 0 Å². The van der Waals surface area contributed by atoms with E-state index < -0.39 is 0 Å². The van der Waals surface area contributed by atoms with Crippen molar-refractivity contribution in [2.24, 2.45) is 0 Å². The van der Waals surface area contributed by atoms with E-state index in [0.717, 1.165) is 11.1 Å². The van der Waals surface area contributed by atoms with E-state index in [1.165, 1.54) is 0 Å². The Hall–Kier alpha value is -2.95. The van der Waals surface area contributed by atoms with Gasteiger partial charge in [-0.3, -0.25) is 14.5 Å². The van der Waals surface area contributed by atoms with E-state index in [1.54, 1.807) is 23.1 Å². The molecule has 24 heavy (non-hydrogen) atoms. The molecule has 0 bridgehead atoms. The molecule has 0 spiro atoms. The average Bonchev–Trinajstić information content (AvgIpc) is 3.11. The van der Waals surface area contributed by atoms with Crippen LogP contribution in [0.1, 0.15) is 47.5 Å². The van der Waals surface area contributed by atoms with Gasteiger partial charge in [0.05, 0.1) is 6.04 Å². The highest BCUT2D eigenvalue weighted by atomic mass is 16.2. The maximum atomic E-state index is 12.6. The second-order valence-corrected chi connectivity index (χ2v) is 5.87. The van der Waals surface area contributed by atoms with E-state index in [1.807, 2.05) is 62.5 Å². The number of nitrogens with one attached hydrogen (secondary N) is 1. The topological polar surface area (TPSA) is 59.8 Å². The van der Waals surface area contributed by atoms with Crippen molar-refractivity contribution in [3.05, 3.63) is 83.9 Å². The summed E-state index contributed by atoms with van der Waals surface area (Å²) in [6.07, 6.45) is 5.28. The molecule has 5 heteroatoms. The van der Waals surface area contributed by atoms with Crippen LogP contribution in [0.5, 0.6) is 0 Å². The van der Waals surface area contributed by atoms with Gasteiger partial charge in [0, 0.05) is 24.6 Å². The Morgan fingerprint density at radius 1 is 1.00 bits per heavy atom. The summed E-state index contributed by atoms with van der Waals surface area (Å²) in [5.74, 6) is -0.194. The SMILES string of the molecule is CC(C)n1ccc(C(=O)N[C@H](c2ccccc2)c2ccncc2)n1. The van der Waals surface area contributed by atoms with Gasteiger partial charge in [-0.05, 0) is 43.2 Å². The molecule has 122 valence electrons. The van der Waals surface area contributed by atoms with Gasteiger partial charge >= 0.3 is 0 Å². The van der Waals surface area contributed by atoms with Crippen LogP contribution in [0.3, 0.4) is 0 Å². The summed E-state index contributed by atoms with van der Waals surface area (Å²) in [4.78, 5) is 16.7. The molecule has 0 saturated heterocycles. The summed E-state index contributed by atoms with van der Waals surface area (Å²) in [6.45, 7) is 4.05. The first-order chi connectivity index (χ1) is 11.6. The Bertz CT molecular complexity index is 757. The Labute approximate surface area is 141 Å². The van der Waals surface area contributed by atoms with Crippen molar-refractivity contribution >= 4 is 5.91 Å². The van der Waals surface area contributed by atoms with Gasteiger partial charge < -0.3 is 5.32 Å². The third-order valence-corrected chi connectivity index (χ3v) is 3.82. The van der Waals surface area contributed by atoms with Crippen LogP contribution >= 0.6 is 0 Å². The van der Waals surface area contributed by atoms with Gasteiger partial charge in [0.15, 0.2) is 0 Å². The fourth-order valence-electron chi connectivity index (χ4n) is 2.51. The van der Waals surface area contributed by atoms with Crippen molar-refractivity contribution in [1.29, 1.82) is 0 Å². The number of hydrogen-bond donors (Lipinski definition) is 1. The molecular formula is C19H20N4O. The van der Waals surface area contributed by atoms with Crippen LogP contribution in [-0.2, 0) is 0 Å². The number of carbonyl (C=O) groups is 1. The molecule has 0 aliphatic heterocycles. The zero-order valence-corrected chi connectivity index (χ0v) is 13.8. The molecule has 2 aromatic heterocycles. The predicted octanol–water partition coefficient (Wildman–Crippen LogP) is 3.38. The predicted molar refractivity (Wildman–Crippen MR) is 92.6 cm³/mol. The van der Waals surface area contributed by atoms with Gasteiger partial charge in [-0.1, -0.05) is 30.3 Å². The van der Waals surface area contributed by atoms with Crippen molar-refractivity contribution in [3.63, 3.8) is 0 Å². The normalized spacial score (nSPS) is 12.1. The largest absolute Gasteiger partial charge is 0.340 e. The molecule has 3 rings (SSSR count). The molecule has 2 heterocycles. The summed E-state index contributed by atoms with van der Waals surface area (Å²) >= 11 is 0. The highest BCUT2D eigenvalue weighted by molar-refractivity contribution is 5.92. The molecule has 3 aromatic rings. The summed E-state index contributed by atoms with van der Waals surface area (Å²) in [5, 5.41) is 7.42. The molecular weight excluding hydrogens is 300 g/mol. The minimum atomic E-state index is -0.245. The molecule has 0 unspecified atom stereocenters. The van der Waals surface area contributed by atoms with Gasteiger partial charge in [-0.15, -0.1) is 0 Å². The molecule has 0 fully saturated rings. The molecule has 0 aliphatic carbocycles. The molecule has 1 N–H and O–H groups in total. The minimum Gasteiger partial charge on any atom is -0.340 e. The fourth-order valence-corrected chi connectivity index (χ4v) is 2.51. The molecule has 1 amide bonds. The number of amides is 1. The molecule has 1 aromatic carbocycles. The van der Waals surface area contributed by atoms with Gasteiger partial charge in [0.2, 0.25) is 0 Å². The summed E-state index contributed by atoms with van der Waals surface area (Å²) < 4.78 is 1.78. The lowest BCUT2D eigenvalue weighted by Gasteiger charge is -2.19. The number of rotatable bonds is 5. The van der Waals surface area contributed by atoms with Crippen molar-refractivity contribution in [2.45, 2.75) is 25.9 Å². The highest BCUT2D eigenvalue weighted by Gasteiger charge is 2.19. The van der Waals surface area contributed by atoms with E-state index in [4.69, 9.17) is 0 Å². The minimum absolute atomic E-state index is 0.194. The number of pyridine rings is 1. The van der Waals surface area contributed by atoms with Gasteiger partial charge in [-0.2, -0.15) is 5.10 Å². The molecule has 5 nitrogen and oxygen atoms in total.